The summed E-state index contributed by atoms with van der Waals surface area (Å²) in [5, 5.41) is 0. The lowest BCUT2D eigenvalue weighted by molar-refractivity contribution is 0.177. The Bertz CT molecular complexity index is 306. The molecule has 0 aliphatic rings. The Morgan fingerprint density at radius 1 is 1.11 bits per heavy atom. The average molecular weight is 249 g/mol. The van der Waals surface area contributed by atoms with Crippen LogP contribution in [-0.2, 0) is 0 Å². The van der Waals surface area contributed by atoms with Crippen molar-refractivity contribution in [2.45, 2.75) is 46.0 Å². The zero-order chi connectivity index (χ0) is 13.3. The van der Waals surface area contributed by atoms with Crippen LogP contribution in [0, 0.1) is 5.41 Å². The monoisotopic (exact) mass is 249 g/mol. The van der Waals surface area contributed by atoms with E-state index in [4.69, 9.17) is 10.5 Å². The molecule has 2 N–H and O–H groups in total. The molecule has 2 heteroatoms. The number of nitrogens with two attached hydrogens (primary N) is 1. The molecule has 1 unspecified atom stereocenters. The predicted octanol–water partition coefficient (Wildman–Crippen LogP) is 4.00. The first-order valence-electron chi connectivity index (χ1n) is 7.14. The quantitative estimate of drug-likeness (QED) is 0.718. The number of para-hydroxylation sites is 1. The molecule has 102 valence electrons. The molecular weight excluding hydrogens is 222 g/mol. The van der Waals surface area contributed by atoms with Crippen molar-refractivity contribution in [1.82, 2.24) is 0 Å². The summed E-state index contributed by atoms with van der Waals surface area (Å²) in [6.07, 6.45) is 5.91. The van der Waals surface area contributed by atoms with Crippen molar-refractivity contribution < 1.29 is 4.74 Å². The molecule has 0 fully saturated rings. The van der Waals surface area contributed by atoms with Crippen LogP contribution >= 0.6 is 0 Å². The van der Waals surface area contributed by atoms with Gasteiger partial charge in [0.05, 0.1) is 6.61 Å². The van der Waals surface area contributed by atoms with E-state index in [0.29, 0.717) is 0 Å². The van der Waals surface area contributed by atoms with Gasteiger partial charge in [-0.1, -0.05) is 44.9 Å². The minimum atomic E-state index is 0.269. The van der Waals surface area contributed by atoms with Crippen LogP contribution in [0.25, 0.3) is 0 Å². The largest absolute Gasteiger partial charge is 0.494 e. The molecule has 0 saturated heterocycles. The highest BCUT2D eigenvalue weighted by molar-refractivity contribution is 5.20. The first kappa shape index (κ1) is 15.0. The third-order valence-corrected chi connectivity index (χ3v) is 3.89. The molecule has 2 nitrogen and oxygen atoms in total. The maximum Gasteiger partial charge on any atom is 0.119 e. The van der Waals surface area contributed by atoms with Crippen molar-refractivity contribution in [1.29, 1.82) is 0 Å². The van der Waals surface area contributed by atoms with E-state index in [1.165, 1.54) is 19.3 Å². The Labute approximate surface area is 112 Å². The number of hydrogen-bond acceptors (Lipinski definition) is 2. The standard InChI is InChI=1S/C16H27NO/c1-3-5-11-16(4-2,14-17)12-13-18-15-9-7-6-8-10-15/h6-10H,3-5,11-14,17H2,1-2H3. The second kappa shape index (κ2) is 8.15. The van der Waals surface area contributed by atoms with Crippen molar-refractivity contribution in [3.05, 3.63) is 30.3 Å². The zero-order valence-electron chi connectivity index (χ0n) is 11.8. The summed E-state index contributed by atoms with van der Waals surface area (Å²) in [6, 6.07) is 10.0. The average Bonchev–Trinajstić information content (AvgIpc) is 2.44. The van der Waals surface area contributed by atoms with E-state index < -0.39 is 0 Å². The second-order valence-electron chi connectivity index (χ2n) is 5.07. The lowest BCUT2D eigenvalue weighted by Gasteiger charge is -2.31. The van der Waals surface area contributed by atoms with Gasteiger partial charge in [-0.15, -0.1) is 0 Å². The fourth-order valence-electron chi connectivity index (χ4n) is 2.28. The zero-order valence-corrected chi connectivity index (χ0v) is 11.8. The van der Waals surface area contributed by atoms with Gasteiger partial charge >= 0.3 is 0 Å². The molecule has 1 aromatic rings. The molecule has 0 aliphatic heterocycles. The van der Waals surface area contributed by atoms with Crippen LogP contribution in [0.2, 0.25) is 0 Å². The van der Waals surface area contributed by atoms with Gasteiger partial charge in [-0.3, -0.25) is 0 Å². The van der Waals surface area contributed by atoms with Gasteiger partial charge in [0.25, 0.3) is 0 Å². The van der Waals surface area contributed by atoms with E-state index in [0.717, 1.165) is 31.7 Å². The summed E-state index contributed by atoms with van der Waals surface area (Å²) in [7, 11) is 0. The summed E-state index contributed by atoms with van der Waals surface area (Å²) in [5.74, 6) is 0.954. The van der Waals surface area contributed by atoms with Crippen LogP contribution < -0.4 is 10.5 Å². The van der Waals surface area contributed by atoms with Crippen molar-refractivity contribution in [2.24, 2.45) is 11.1 Å². The first-order valence-corrected chi connectivity index (χ1v) is 7.14. The summed E-state index contributed by atoms with van der Waals surface area (Å²) >= 11 is 0. The Balaban J connectivity index is 2.42. The molecule has 0 heterocycles. The Morgan fingerprint density at radius 3 is 2.39 bits per heavy atom. The Hall–Kier alpha value is -1.02. The van der Waals surface area contributed by atoms with Gasteiger partial charge in [0.2, 0.25) is 0 Å². The van der Waals surface area contributed by atoms with Crippen LogP contribution in [0.1, 0.15) is 46.0 Å². The number of benzene rings is 1. The fraction of sp³-hybridized carbons (Fsp3) is 0.625. The third-order valence-electron chi connectivity index (χ3n) is 3.89. The van der Waals surface area contributed by atoms with Gasteiger partial charge in [0.1, 0.15) is 5.75 Å². The molecule has 0 aliphatic carbocycles. The van der Waals surface area contributed by atoms with Crippen LogP contribution in [0.4, 0.5) is 0 Å². The maximum atomic E-state index is 5.98. The van der Waals surface area contributed by atoms with Gasteiger partial charge in [-0.05, 0) is 43.4 Å². The molecule has 1 atom stereocenters. The van der Waals surface area contributed by atoms with Crippen LogP contribution in [0.3, 0.4) is 0 Å². The smallest absolute Gasteiger partial charge is 0.119 e. The Kier molecular flexibility index (Phi) is 6.81. The molecule has 0 amide bonds. The van der Waals surface area contributed by atoms with E-state index in [1.807, 2.05) is 30.3 Å². The lowest BCUT2D eigenvalue weighted by atomic mass is 9.77. The van der Waals surface area contributed by atoms with Crippen molar-refractivity contribution >= 4 is 0 Å². The third kappa shape index (κ3) is 4.69. The van der Waals surface area contributed by atoms with Crippen LogP contribution in [0.15, 0.2) is 30.3 Å². The van der Waals surface area contributed by atoms with Crippen molar-refractivity contribution in [2.75, 3.05) is 13.2 Å². The minimum absolute atomic E-state index is 0.269. The van der Waals surface area contributed by atoms with Gasteiger partial charge < -0.3 is 10.5 Å². The summed E-state index contributed by atoms with van der Waals surface area (Å²) in [4.78, 5) is 0. The van der Waals surface area contributed by atoms with Gasteiger partial charge in [0, 0.05) is 0 Å². The van der Waals surface area contributed by atoms with E-state index in [-0.39, 0.29) is 5.41 Å². The predicted molar refractivity (Wildman–Crippen MR) is 77.9 cm³/mol. The highest BCUT2D eigenvalue weighted by atomic mass is 16.5. The number of rotatable bonds is 9. The van der Waals surface area contributed by atoms with Gasteiger partial charge in [-0.2, -0.15) is 0 Å². The summed E-state index contributed by atoms with van der Waals surface area (Å²) in [5.41, 5.74) is 6.25. The molecule has 0 radical (unpaired) electrons. The first-order chi connectivity index (χ1) is 8.76. The number of hydrogen-bond donors (Lipinski definition) is 1. The fourth-order valence-corrected chi connectivity index (χ4v) is 2.28. The lowest BCUT2D eigenvalue weighted by Crippen LogP contribution is -2.31. The molecule has 18 heavy (non-hydrogen) atoms. The maximum absolute atomic E-state index is 5.98. The molecule has 0 spiro atoms. The highest BCUT2D eigenvalue weighted by Crippen LogP contribution is 2.31. The molecule has 1 rings (SSSR count). The van der Waals surface area contributed by atoms with Crippen LogP contribution in [-0.4, -0.2) is 13.2 Å². The minimum Gasteiger partial charge on any atom is -0.494 e. The van der Waals surface area contributed by atoms with Crippen LogP contribution in [0.5, 0.6) is 5.75 Å². The van der Waals surface area contributed by atoms with E-state index >= 15 is 0 Å². The van der Waals surface area contributed by atoms with Crippen molar-refractivity contribution in [3.8, 4) is 5.75 Å². The number of unbranched alkanes of at least 4 members (excludes halogenated alkanes) is 1. The summed E-state index contributed by atoms with van der Waals surface area (Å²) in [6.45, 7) is 6.00. The van der Waals surface area contributed by atoms with E-state index in [9.17, 15) is 0 Å². The van der Waals surface area contributed by atoms with Gasteiger partial charge in [-0.25, -0.2) is 0 Å². The number of ether oxygens (including phenoxy) is 1. The van der Waals surface area contributed by atoms with Crippen molar-refractivity contribution in [3.63, 3.8) is 0 Å². The van der Waals surface area contributed by atoms with E-state index in [2.05, 4.69) is 13.8 Å². The normalized spacial score (nSPS) is 14.2. The Morgan fingerprint density at radius 2 is 1.83 bits per heavy atom. The molecular formula is C16H27NO. The molecule has 0 aromatic heterocycles. The SMILES string of the molecule is CCCCC(CC)(CN)CCOc1ccccc1. The molecule has 0 saturated carbocycles. The molecule has 1 aromatic carbocycles. The second-order valence-corrected chi connectivity index (χ2v) is 5.07. The summed E-state index contributed by atoms with van der Waals surface area (Å²) < 4.78 is 5.79. The molecule has 0 bridgehead atoms. The highest BCUT2D eigenvalue weighted by Gasteiger charge is 2.25. The van der Waals surface area contributed by atoms with Gasteiger partial charge in [0.15, 0.2) is 0 Å². The topological polar surface area (TPSA) is 35.2 Å². The van der Waals surface area contributed by atoms with E-state index in [1.54, 1.807) is 0 Å².